The summed E-state index contributed by atoms with van der Waals surface area (Å²) in [6.45, 7) is 3.77. The van der Waals surface area contributed by atoms with Gasteiger partial charge in [0.05, 0.1) is 16.5 Å². The number of rotatable bonds is 1. The minimum atomic E-state index is -0.458. The van der Waals surface area contributed by atoms with Gasteiger partial charge in [0.25, 0.3) is 0 Å². The SMILES string of the molecule is CC12CC1(C)C(=O)N(c1ccccc1)C2=O. The van der Waals surface area contributed by atoms with Gasteiger partial charge in [0, 0.05) is 0 Å². The average Bonchev–Trinajstić information content (AvgIpc) is 2.81. The molecule has 1 aromatic rings. The number of carbonyl (C=O) groups excluding carboxylic acids is 2. The first-order valence-corrected chi connectivity index (χ1v) is 5.45. The Morgan fingerprint density at radius 3 is 2.00 bits per heavy atom. The molecule has 0 radical (unpaired) electrons. The molecule has 0 bridgehead atoms. The topological polar surface area (TPSA) is 37.4 Å². The third-order valence-corrected chi connectivity index (χ3v) is 4.16. The van der Waals surface area contributed by atoms with E-state index in [-0.39, 0.29) is 11.8 Å². The lowest BCUT2D eigenvalue weighted by molar-refractivity contribution is -0.125. The van der Waals surface area contributed by atoms with Crippen LogP contribution in [0.15, 0.2) is 30.3 Å². The fraction of sp³-hybridized carbons (Fsp3) is 0.385. The Hall–Kier alpha value is -1.64. The van der Waals surface area contributed by atoms with E-state index in [4.69, 9.17) is 0 Å². The molecule has 3 heteroatoms. The van der Waals surface area contributed by atoms with Gasteiger partial charge in [-0.25, -0.2) is 4.90 Å². The molecule has 2 unspecified atom stereocenters. The van der Waals surface area contributed by atoms with Crippen LogP contribution in [0.1, 0.15) is 20.3 Å². The van der Waals surface area contributed by atoms with E-state index in [0.29, 0.717) is 12.1 Å². The van der Waals surface area contributed by atoms with Crippen molar-refractivity contribution < 1.29 is 9.59 Å². The molecule has 0 N–H and O–H groups in total. The number of nitrogens with zero attached hydrogens (tertiary/aromatic N) is 1. The van der Waals surface area contributed by atoms with Crippen molar-refractivity contribution in [2.75, 3.05) is 4.90 Å². The highest BCUT2D eigenvalue weighted by molar-refractivity contribution is 6.28. The van der Waals surface area contributed by atoms with Gasteiger partial charge in [0.1, 0.15) is 0 Å². The molecule has 1 heterocycles. The molecule has 1 aromatic carbocycles. The summed E-state index contributed by atoms with van der Waals surface area (Å²) in [6, 6.07) is 9.15. The number of fused-ring (bicyclic) bond motifs is 1. The summed E-state index contributed by atoms with van der Waals surface area (Å²) in [6.07, 6.45) is 0.695. The molecule has 2 fully saturated rings. The highest BCUT2D eigenvalue weighted by Crippen LogP contribution is 2.69. The third-order valence-electron chi connectivity index (χ3n) is 4.16. The second-order valence-corrected chi connectivity index (χ2v) is 5.12. The van der Waals surface area contributed by atoms with Crippen LogP contribution in [0.5, 0.6) is 0 Å². The second kappa shape index (κ2) is 2.54. The van der Waals surface area contributed by atoms with Crippen molar-refractivity contribution in [1.29, 1.82) is 0 Å². The molecule has 1 aliphatic carbocycles. The number of imide groups is 1. The molecule has 82 valence electrons. The van der Waals surface area contributed by atoms with Gasteiger partial charge in [-0.3, -0.25) is 9.59 Å². The maximum Gasteiger partial charge on any atom is 0.240 e. The van der Waals surface area contributed by atoms with Gasteiger partial charge in [-0.05, 0) is 32.4 Å². The number of piperidine rings is 1. The Morgan fingerprint density at radius 1 is 1.00 bits per heavy atom. The van der Waals surface area contributed by atoms with Gasteiger partial charge >= 0.3 is 0 Å². The number of hydrogen-bond acceptors (Lipinski definition) is 2. The number of hydrogen-bond donors (Lipinski definition) is 0. The van der Waals surface area contributed by atoms with Gasteiger partial charge in [0.15, 0.2) is 0 Å². The number of amides is 2. The van der Waals surface area contributed by atoms with Crippen molar-refractivity contribution in [2.24, 2.45) is 10.8 Å². The number of anilines is 1. The van der Waals surface area contributed by atoms with Crippen molar-refractivity contribution >= 4 is 17.5 Å². The first kappa shape index (κ1) is 9.58. The zero-order chi connectivity index (χ0) is 11.6. The van der Waals surface area contributed by atoms with Crippen molar-refractivity contribution in [2.45, 2.75) is 20.3 Å². The maximum absolute atomic E-state index is 12.2. The number of para-hydroxylation sites is 1. The van der Waals surface area contributed by atoms with E-state index in [1.807, 2.05) is 32.0 Å². The van der Waals surface area contributed by atoms with Gasteiger partial charge in [0.2, 0.25) is 11.8 Å². The fourth-order valence-electron chi connectivity index (χ4n) is 2.68. The minimum absolute atomic E-state index is 0.0498. The van der Waals surface area contributed by atoms with Crippen LogP contribution in [0.3, 0.4) is 0 Å². The molecule has 3 rings (SSSR count). The quantitative estimate of drug-likeness (QED) is 0.672. The van der Waals surface area contributed by atoms with Crippen LogP contribution in [0.25, 0.3) is 0 Å². The molecule has 0 spiro atoms. The highest BCUT2D eigenvalue weighted by atomic mass is 16.2. The summed E-state index contributed by atoms with van der Waals surface area (Å²) < 4.78 is 0. The predicted molar refractivity (Wildman–Crippen MR) is 59.8 cm³/mol. The summed E-state index contributed by atoms with van der Waals surface area (Å²) in [4.78, 5) is 25.7. The lowest BCUT2D eigenvalue weighted by Gasteiger charge is -2.18. The first-order valence-electron chi connectivity index (χ1n) is 5.45. The van der Waals surface area contributed by atoms with E-state index in [0.717, 1.165) is 0 Å². The summed E-state index contributed by atoms with van der Waals surface area (Å²) in [5.41, 5.74) is -0.230. The molecule has 1 saturated heterocycles. The lowest BCUT2D eigenvalue weighted by atomic mass is 10.00. The van der Waals surface area contributed by atoms with Gasteiger partial charge < -0.3 is 0 Å². The monoisotopic (exact) mass is 215 g/mol. The second-order valence-electron chi connectivity index (χ2n) is 5.12. The van der Waals surface area contributed by atoms with Crippen molar-refractivity contribution in [1.82, 2.24) is 0 Å². The van der Waals surface area contributed by atoms with Crippen LogP contribution in [0.4, 0.5) is 5.69 Å². The van der Waals surface area contributed by atoms with E-state index in [9.17, 15) is 9.59 Å². The zero-order valence-corrected chi connectivity index (χ0v) is 9.36. The molecule has 2 aliphatic rings. The Kier molecular flexibility index (Phi) is 1.52. The Morgan fingerprint density at radius 2 is 1.50 bits per heavy atom. The zero-order valence-electron chi connectivity index (χ0n) is 9.36. The Labute approximate surface area is 94.1 Å². The van der Waals surface area contributed by atoms with Gasteiger partial charge in [-0.15, -0.1) is 0 Å². The molecule has 2 atom stereocenters. The van der Waals surface area contributed by atoms with Crippen LogP contribution in [0, 0.1) is 10.8 Å². The van der Waals surface area contributed by atoms with Crippen LogP contribution in [0.2, 0.25) is 0 Å². The Bertz CT molecular complexity index is 470. The van der Waals surface area contributed by atoms with E-state index in [2.05, 4.69) is 0 Å². The van der Waals surface area contributed by atoms with Crippen LogP contribution in [-0.4, -0.2) is 11.8 Å². The van der Waals surface area contributed by atoms with Crippen LogP contribution in [-0.2, 0) is 9.59 Å². The van der Waals surface area contributed by atoms with Gasteiger partial charge in [-0.1, -0.05) is 18.2 Å². The molecule has 1 saturated carbocycles. The standard InChI is InChI=1S/C13H13NO2/c1-12-8-13(12,2)11(16)14(10(12)15)9-6-4-3-5-7-9/h3-7H,8H2,1-2H3. The first-order chi connectivity index (χ1) is 7.51. The molecular formula is C13H13NO2. The van der Waals surface area contributed by atoms with E-state index < -0.39 is 10.8 Å². The van der Waals surface area contributed by atoms with E-state index in [1.54, 1.807) is 12.1 Å². The largest absolute Gasteiger partial charge is 0.273 e. The fourth-order valence-corrected chi connectivity index (χ4v) is 2.68. The van der Waals surface area contributed by atoms with Crippen LogP contribution < -0.4 is 4.90 Å². The molecule has 1 aliphatic heterocycles. The summed E-state index contributed by atoms with van der Waals surface area (Å²) in [7, 11) is 0. The maximum atomic E-state index is 12.2. The van der Waals surface area contributed by atoms with E-state index >= 15 is 0 Å². The lowest BCUT2D eigenvalue weighted by Crippen LogP contribution is -2.35. The smallest absolute Gasteiger partial charge is 0.240 e. The molecule has 16 heavy (non-hydrogen) atoms. The third kappa shape index (κ3) is 0.848. The average molecular weight is 215 g/mol. The molecule has 3 nitrogen and oxygen atoms in total. The predicted octanol–water partition coefficient (Wildman–Crippen LogP) is 1.98. The summed E-state index contributed by atoms with van der Waals surface area (Å²) in [5.74, 6) is -0.0996. The van der Waals surface area contributed by atoms with Crippen molar-refractivity contribution in [3.8, 4) is 0 Å². The Balaban J connectivity index is 2.07. The summed E-state index contributed by atoms with van der Waals surface area (Å²) in [5, 5.41) is 0. The number of benzene rings is 1. The van der Waals surface area contributed by atoms with Crippen LogP contribution >= 0.6 is 0 Å². The number of carbonyl (C=O) groups is 2. The normalized spacial score (nSPS) is 36.5. The highest BCUT2D eigenvalue weighted by Gasteiger charge is 2.77. The molecule has 0 aromatic heterocycles. The molecular weight excluding hydrogens is 202 g/mol. The van der Waals surface area contributed by atoms with Crippen molar-refractivity contribution in [3.63, 3.8) is 0 Å². The summed E-state index contributed by atoms with van der Waals surface area (Å²) >= 11 is 0. The van der Waals surface area contributed by atoms with E-state index in [1.165, 1.54) is 4.90 Å². The van der Waals surface area contributed by atoms with Crippen molar-refractivity contribution in [3.05, 3.63) is 30.3 Å². The van der Waals surface area contributed by atoms with Gasteiger partial charge in [-0.2, -0.15) is 0 Å². The molecule has 2 amide bonds. The minimum Gasteiger partial charge on any atom is -0.273 e.